The van der Waals surface area contributed by atoms with Crippen LogP contribution in [0.3, 0.4) is 0 Å². The smallest absolute Gasteiger partial charge is 0.124 e. The Morgan fingerprint density at radius 1 is 1.38 bits per heavy atom. The van der Waals surface area contributed by atoms with Gasteiger partial charge in [0.2, 0.25) is 0 Å². The van der Waals surface area contributed by atoms with Crippen molar-refractivity contribution >= 4 is 40.7 Å². The number of rotatable bonds is 5. The molecule has 0 amide bonds. The van der Waals surface area contributed by atoms with Gasteiger partial charge in [0, 0.05) is 36.2 Å². The summed E-state index contributed by atoms with van der Waals surface area (Å²) in [5.74, 6) is 0.953. The molecule has 3 nitrogen and oxygen atoms in total. The maximum absolute atomic E-state index is 5.75. The van der Waals surface area contributed by atoms with Crippen LogP contribution in [0.1, 0.15) is 18.5 Å². The molecule has 1 atom stereocenters. The van der Waals surface area contributed by atoms with Crippen LogP contribution in [0, 0.1) is 0 Å². The van der Waals surface area contributed by atoms with E-state index in [1.165, 1.54) is 5.56 Å². The first-order valence-corrected chi connectivity index (χ1v) is 7.55. The van der Waals surface area contributed by atoms with Gasteiger partial charge in [-0.25, -0.2) is 0 Å². The minimum absolute atomic E-state index is 0. The summed E-state index contributed by atoms with van der Waals surface area (Å²) in [6.07, 6.45) is 2.01. The van der Waals surface area contributed by atoms with Crippen LogP contribution in [0.25, 0.3) is 0 Å². The van der Waals surface area contributed by atoms with Crippen LogP contribution < -0.4 is 10.1 Å². The van der Waals surface area contributed by atoms with Gasteiger partial charge in [-0.05, 0) is 25.1 Å². The van der Waals surface area contributed by atoms with Crippen molar-refractivity contribution in [2.24, 2.45) is 0 Å². The molecule has 21 heavy (non-hydrogen) atoms. The maximum Gasteiger partial charge on any atom is 0.124 e. The molecule has 0 aromatic heterocycles. The van der Waals surface area contributed by atoms with E-state index >= 15 is 0 Å². The molecular formula is C15H23BrCl2N2O. The van der Waals surface area contributed by atoms with Crippen molar-refractivity contribution in [1.82, 2.24) is 10.2 Å². The molecule has 2 rings (SSSR count). The van der Waals surface area contributed by atoms with Gasteiger partial charge in [0.25, 0.3) is 0 Å². The summed E-state index contributed by atoms with van der Waals surface area (Å²) < 4.78 is 6.83. The Morgan fingerprint density at radius 3 is 2.62 bits per heavy atom. The Morgan fingerprint density at radius 2 is 2.05 bits per heavy atom. The van der Waals surface area contributed by atoms with Gasteiger partial charge < -0.3 is 10.1 Å². The van der Waals surface area contributed by atoms with Crippen molar-refractivity contribution in [2.75, 3.05) is 32.8 Å². The van der Waals surface area contributed by atoms with Crippen LogP contribution in [-0.4, -0.2) is 37.7 Å². The summed E-state index contributed by atoms with van der Waals surface area (Å²) in [5.41, 5.74) is 1.19. The van der Waals surface area contributed by atoms with Crippen LogP contribution in [0.2, 0.25) is 0 Å². The third-order valence-corrected chi connectivity index (χ3v) is 3.85. The van der Waals surface area contributed by atoms with E-state index in [0.717, 1.165) is 36.4 Å². The van der Waals surface area contributed by atoms with Gasteiger partial charge >= 0.3 is 0 Å². The molecule has 6 heteroatoms. The predicted molar refractivity (Wildman–Crippen MR) is 97.2 cm³/mol. The topological polar surface area (TPSA) is 24.5 Å². The van der Waals surface area contributed by atoms with Crippen molar-refractivity contribution in [2.45, 2.75) is 13.0 Å². The van der Waals surface area contributed by atoms with Crippen molar-refractivity contribution in [3.63, 3.8) is 0 Å². The van der Waals surface area contributed by atoms with E-state index in [4.69, 9.17) is 4.74 Å². The first kappa shape index (κ1) is 20.7. The minimum atomic E-state index is 0. The molecule has 1 N–H and O–H groups in total. The van der Waals surface area contributed by atoms with Crippen molar-refractivity contribution < 1.29 is 4.74 Å². The van der Waals surface area contributed by atoms with E-state index < -0.39 is 0 Å². The monoisotopic (exact) mass is 396 g/mol. The summed E-state index contributed by atoms with van der Waals surface area (Å²) in [6.45, 7) is 10.8. The van der Waals surface area contributed by atoms with Crippen LogP contribution in [0.5, 0.6) is 5.75 Å². The maximum atomic E-state index is 5.75. The van der Waals surface area contributed by atoms with Crippen LogP contribution >= 0.6 is 40.7 Å². The molecule has 1 heterocycles. The number of benzene rings is 1. The molecule has 0 spiro atoms. The summed E-state index contributed by atoms with van der Waals surface area (Å²) in [4.78, 5) is 2.44. The molecule has 0 saturated carbocycles. The molecule has 0 aliphatic carbocycles. The lowest BCUT2D eigenvalue weighted by Gasteiger charge is -2.34. The van der Waals surface area contributed by atoms with Crippen LogP contribution in [0.4, 0.5) is 0 Å². The van der Waals surface area contributed by atoms with Crippen LogP contribution in [-0.2, 0) is 0 Å². The Balaban J connectivity index is 0.00000200. The van der Waals surface area contributed by atoms with Crippen molar-refractivity contribution in [3.8, 4) is 5.75 Å². The first-order valence-electron chi connectivity index (χ1n) is 6.75. The van der Waals surface area contributed by atoms with Gasteiger partial charge in [0.05, 0.1) is 12.6 Å². The van der Waals surface area contributed by atoms with E-state index in [1.54, 1.807) is 0 Å². The van der Waals surface area contributed by atoms with E-state index in [9.17, 15) is 0 Å². The van der Waals surface area contributed by atoms with Gasteiger partial charge in [-0.1, -0.05) is 22.0 Å². The van der Waals surface area contributed by atoms with Gasteiger partial charge in [0.1, 0.15) is 5.75 Å². The molecule has 1 fully saturated rings. The fourth-order valence-electron chi connectivity index (χ4n) is 2.47. The summed E-state index contributed by atoms with van der Waals surface area (Å²) >= 11 is 3.55. The summed E-state index contributed by atoms with van der Waals surface area (Å²) in [5, 5.41) is 3.38. The zero-order chi connectivity index (χ0) is 13.7. The van der Waals surface area contributed by atoms with Crippen molar-refractivity contribution in [3.05, 3.63) is 40.9 Å². The molecule has 1 saturated heterocycles. The van der Waals surface area contributed by atoms with E-state index in [0.29, 0.717) is 6.61 Å². The van der Waals surface area contributed by atoms with Crippen LogP contribution in [0.15, 0.2) is 35.3 Å². The number of nitrogens with zero attached hydrogens (tertiary/aromatic N) is 1. The van der Waals surface area contributed by atoms with E-state index in [-0.39, 0.29) is 30.9 Å². The lowest BCUT2D eigenvalue weighted by atomic mass is 10.0. The average molecular weight is 398 g/mol. The van der Waals surface area contributed by atoms with Gasteiger partial charge in [-0.2, -0.15) is 0 Å². The largest absolute Gasteiger partial charge is 0.494 e. The lowest BCUT2D eigenvalue weighted by molar-refractivity contribution is 0.199. The Hall–Kier alpha value is -0.260. The highest BCUT2D eigenvalue weighted by Crippen LogP contribution is 2.33. The van der Waals surface area contributed by atoms with Gasteiger partial charge in [-0.3, -0.25) is 4.90 Å². The van der Waals surface area contributed by atoms with Gasteiger partial charge in [-0.15, -0.1) is 31.4 Å². The quantitative estimate of drug-likeness (QED) is 0.764. The standard InChI is InChI=1S/C15H21BrN2O.2ClH/c1-3-14(18-9-7-17-8-10-18)13-11-12(16)5-6-15(13)19-4-2;;/h3,5-6,11,14,17H,1,4,7-10H2,2H3;2*1H/t14-;;/m0../s1. The highest BCUT2D eigenvalue weighted by Gasteiger charge is 2.22. The second-order valence-corrected chi connectivity index (χ2v) is 5.50. The number of ether oxygens (including phenoxy) is 1. The number of nitrogens with one attached hydrogen (secondary N) is 1. The average Bonchev–Trinajstić information content (AvgIpc) is 2.44. The number of hydrogen-bond donors (Lipinski definition) is 1. The molecular weight excluding hydrogens is 375 g/mol. The highest BCUT2D eigenvalue weighted by molar-refractivity contribution is 9.10. The molecule has 0 bridgehead atoms. The predicted octanol–water partition coefficient (Wildman–Crippen LogP) is 3.82. The van der Waals surface area contributed by atoms with Crippen molar-refractivity contribution in [1.29, 1.82) is 0 Å². The second kappa shape index (κ2) is 10.5. The van der Waals surface area contributed by atoms with E-state index in [1.807, 2.05) is 25.1 Å². The van der Waals surface area contributed by atoms with Gasteiger partial charge in [0.15, 0.2) is 0 Å². The van der Waals surface area contributed by atoms with E-state index in [2.05, 4.69) is 38.8 Å². The third-order valence-electron chi connectivity index (χ3n) is 3.36. The molecule has 0 unspecified atom stereocenters. The normalized spacial score (nSPS) is 16.3. The lowest BCUT2D eigenvalue weighted by Crippen LogP contribution is -2.44. The molecule has 1 aliphatic rings. The second-order valence-electron chi connectivity index (χ2n) is 4.58. The Labute approximate surface area is 148 Å². The Kier molecular flexibility index (Phi) is 10.3. The summed E-state index contributed by atoms with van der Waals surface area (Å²) in [7, 11) is 0. The fraction of sp³-hybridized carbons (Fsp3) is 0.467. The number of piperazine rings is 1. The molecule has 1 aromatic rings. The minimum Gasteiger partial charge on any atom is -0.494 e. The zero-order valence-electron chi connectivity index (χ0n) is 12.2. The highest BCUT2D eigenvalue weighted by atomic mass is 79.9. The zero-order valence-corrected chi connectivity index (χ0v) is 15.4. The third kappa shape index (κ3) is 5.46. The Bertz CT molecular complexity index is 440. The first-order chi connectivity index (χ1) is 9.26. The molecule has 1 aromatic carbocycles. The number of hydrogen-bond acceptors (Lipinski definition) is 3. The SMILES string of the molecule is C=C[C@@H](c1cc(Br)ccc1OCC)N1CCNCC1.Cl.Cl. The summed E-state index contributed by atoms with van der Waals surface area (Å²) in [6, 6.07) is 6.40. The fourth-order valence-corrected chi connectivity index (χ4v) is 2.85. The molecule has 1 aliphatic heterocycles. The molecule has 0 radical (unpaired) electrons. The molecule has 120 valence electrons. The number of halogens is 3.